The number of fused-ring (bicyclic) bond motifs is 1. The normalized spacial score (nSPS) is 11.0. The lowest BCUT2D eigenvalue weighted by Crippen LogP contribution is -2.30. The van der Waals surface area contributed by atoms with Gasteiger partial charge in [0.15, 0.2) is 0 Å². The van der Waals surface area contributed by atoms with Gasteiger partial charge < -0.3 is 20.3 Å². The van der Waals surface area contributed by atoms with E-state index < -0.39 is 7.12 Å². The van der Waals surface area contributed by atoms with E-state index in [-0.39, 0.29) is 0 Å². The summed E-state index contributed by atoms with van der Waals surface area (Å²) in [6.45, 7) is 2.46. The number of hydrogen-bond donors (Lipinski definition) is 3. The summed E-state index contributed by atoms with van der Waals surface area (Å²) in [6, 6.07) is 17.3. The van der Waals surface area contributed by atoms with E-state index in [2.05, 4.69) is 32.4 Å². The number of aryl methyl sites for hydroxylation is 1. The molecule has 4 aromatic rings. The first kappa shape index (κ1) is 19.9. The van der Waals surface area contributed by atoms with Gasteiger partial charge in [-0.15, -0.1) is 0 Å². The van der Waals surface area contributed by atoms with Crippen LogP contribution in [-0.2, 0) is 6.54 Å². The van der Waals surface area contributed by atoms with Crippen molar-refractivity contribution in [3.05, 3.63) is 65.9 Å². The highest BCUT2D eigenvalue weighted by atomic mass is 16.4. The van der Waals surface area contributed by atoms with Gasteiger partial charge in [0.1, 0.15) is 0 Å². The fourth-order valence-corrected chi connectivity index (χ4v) is 3.34. The Hall–Kier alpha value is -3.43. The van der Waals surface area contributed by atoms with Gasteiger partial charge in [-0.1, -0.05) is 42.5 Å². The van der Waals surface area contributed by atoms with Crippen molar-refractivity contribution in [3.63, 3.8) is 0 Å². The molecule has 0 aliphatic heterocycles. The van der Waals surface area contributed by atoms with Gasteiger partial charge in [-0.25, -0.2) is 0 Å². The van der Waals surface area contributed by atoms with Crippen molar-refractivity contribution in [1.82, 2.24) is 19.5 Å². The number of nitrogens with zero attached hydrogens (tertiary/aromatic N) is 5. The zero-order chi connectivity index (χ0) is 21.3. The van der Waals surface area contributed by atoms with Crippen LogP contribution < -0.4 is 15.7 Å². The first-order chi connectivity index (χ1) is 14.4. The third-order valence-electron chi connectivity index (χ3n) is 4.81. The minimum Gasteiger partial charge on any atom is -0.423 e. The standard InChI is InChI=1S/C21H23BN6O2/c1-14-11-16-8-4-5-10-18(16)28(14)21-25-19(24-20(26-21)27(2)3)23-13-15-7-6-9-17(12-15)22(29)30/h4-12,29-30H,13H2,1-3H3,(H,23,24,25,26). The molecular formula is C21H23BN6O2. The highest BCUT2D eigenvalue weighted by molar-refractivity contribution is 6.58. The van der Waals surface area contributed by atoms with Crippen molar-refractivity contribution in [2.24, 2.45) is 0 Å². The Balaban J connectivity index is 1.70. The van der Waals surface area contributed by atoms with E-state index in [1.165, 1.54) is 0 Å². The van der Waals surface area contributed by atoms with Crippen LogP contribution in [0.3, 0.4) is 0 Å². The molecule has 0 aliphatic rings. The van der Waals surface area contributed by atoms with Crippen molar-refractivity contribution in [2.75, 3.05) is 24.3 Å². The summed E-state index contributed by atoms with van der Waals surface area (Å²) >= 11 is 0. The van der Waals surface area contributed by atoms with Gasteiger partial charge in [-0.2, -0.15) is 15.0 Å². The highest BCUT2D eigenvalue weighted by Crippen LogP contribution is 2.23. The van der Waals surface area contributed by atoms with Gasteiger partial charge in [0.2, 0.25) is 17.8 Å². The number of nitrogens with one attached hydrogen (secondary N) is 1. The Bertz CT molecular complexity index is 1190. The Morgan fingerprint density at radius 1 is 1.00 bits per heavy atom. The topological polar surface area (TPSA) is 99.3 Å². The smallest absolute Gasteiger partial charge is 0.423 e. The number of anilines is 2. The second kappa shape index (κ2) is 8.13. The zero-order valence-electron chi connectivity index (χ0n) is 17.1. The predicted octanol–water partition coefficient (Wildman–Crippen LogP) is 1.48. The van der Waals surface area contributed by atoms with E-state index in [0.717, 1.165) is 22.2 Å². The number of benzene rings is 2. The maximum atomic E-state index is 9.38. The summed E-state index contributed by atoms with van der Waals surface area (Å²) in [5.74, 6) is 1.52. The minimum absolute atomic E-state index is 0.433. The van der Waals surface area contributed by atoms with Crippen LogP contribution in [0.2, 0.25) is 0 Å². The molecular weight excluding hydrogens is 379 g/mol. The minimum atomic E-state index is -1.50. The van der Waals surface area contributed by atoms with Crippen molar-refractivity contribution >= 4 is 35.4 Å². The number of rotatable bonds is 6. The molecule has 0 atom stereocenters. The molecule has 152 valence electrons. The lowest BCUT2D eigenvalue weighted by Gasteiger charge is -2.15. The monoisotopic (exact) mass is 402 g/mol. The number of hydrogen-bond acceptors (Lipinski definition) is 7. The Labute approximate surface area is 175 Å². The summed E-state index contributed by atoms with van der Waals surface area (Å²) in [5.41, 5.74) is 3.38. The maximum Gasteiger partial charge on any atom is 0.488 e. The third kappa shape index (κ3) is 3.98. The summed E-state index contributed by atoms with van der Waals surface area (Å²) in [5, 5.41) is 23.1. The molecule has 2 aromatic heterocycles. The Morgan fingerprint density at radius 3 is 2.57 bits per heavy atom. The molecule has 3 N–H and O–H groups in total. The fraction of sp³-hybridized carbons (Fsp3) is 0.190. The van der Waals surface area contributed by atoms with Crippen molar-refractivity contribution < 1.29 is 10.0 Å². The fourth-order valence-electron chi connectivity index (χ4n) is 3.34. The van der Waals surface area contributed by atoms with E-state index in [9.17, 15) is 10.0 Å². The quantitative estimate of drug-likeness (QED) is 0.420. The van der Waals surface area contributed by atoms with E-state index in [0.29, 0.717) is 29.9 Å². The largest absolute Gasteiger partial charge is 0.488 e. The van der Waals surface area contributed by atoms with Gasteiger partial charge >= 0.3 is 7.12 Å². The van der Waals surface area contributed by atoms with Gasteiger partial charge in [-0.05, 0) is 30.1 Å². The molecule has 2 aromatic carbocycles. The molecule has 0 unspecified atom stereocenters. The molecule has 2 heterocycles. The van der Waals surface area contributed by atoms with Gasteiger partial charge in [0.25, 0.3) is 0 Å². The Kier molecular flexibility index (Phi) is 5.39. The van der Waals surface area contributed by atoms with E-state index >= 15 is 0 Å². The summed E-state index contributed by atoms with van der Waals surface area (Å²) < 4.78 is 2.01. The molecule has 30 heavy (non-hydrogen) atoms. The summed E-state index contributed by atoms with van der Waals surface area (Å²) in [7, 11) is 2.27. The molecule has 0 saturated carbocycles. The Morgan fingerprint density at radius 2 is 1.80 bits per heavy atom. The third-order valence-corrected chi connectivity index (χ3v) is 4.81. The van der Waals surface area contributed by atoms with E-state index in [1.54, 1.807) is 18.2 Å². The maximum absolute atomic E-state index is 9.38. The van der Waals surface area contributed by atoms with Crippen LogP contribution in [0.25, 0.3) is 16.9 Å². The molecule has 0 spiro atoms. The number of aromatic nitrogens is 4. The second-order valence-corrected chi connectivity index (χ2v) is 7.31. The molecule has 0 saturated heterocycles. The molecule has 0 aliphatic carbocycles. The first-order valence-corrected chi connectivity index (χ1v) is 9.62. The van der Waals surface area contributed by atoms with Crippen LogP contribution in [0, 0.1) is 6.92 Å². The van der Waals surface area contributed by atoms with Crippen LogP contribution in [0.4, 0.5) is 11.9 Å². The molecule has 9 heteroatoms. The average molecular weight is 402 g/mol. The van der Waals surface area contributed by atoms with E-state index in [1.807, 2.05) is 54.8 Å². The van der Waals surface area contributed by atoms with Crippen molar-refractivity contribution in [2.45, 2.75) is 13.5 Å². The summed E-state index contributed by atoms with van der Waals surface area (Å²) in [6.07, 6.45) is 0. The van der Waals surface area contributed by atoms with Crippen molar-refractivity contribution in [1.29, 1.82) is 0 Å². The second-order valence-electron chi connectivity index (χ2n) is 7.31. The first-order valence-electron chi connectivity index (χ1n) is 9.62. The SMILES string of the molecule is Cc1cc2ccccc2n1-c1nc(NCc2cccc(B(O)O)c2)nc(N(C)C)n1. The van der Waals surface area contributed by atoms with Gasteiger partial charge in [0.05, 0.1) is 5.52 Å². The molecule has 0 radical (unpaired) electrons. The molecule has 0 fully saturated rings. The van der Waals surface area contributed by atoms with Crippen LogP contribution in [0.15, 0.2) is 54.6 Å². The lowest BCUT2D eigenvalue weighted by molar-refractivity contribution is 0.425. The van der Waals surface area contributed by atoms with Gasteiger partial charge in [-0.3, -0.25) is 4.57 Å². The van der Waals surface area contributed by atoms with Crippen LogP contribution in [-0.4, -0.2) is 50.8 Å². The number of para-hydroxylation sites is 1. The van der Waals surface area contributed by atoms with Crippen LogP contribution in [0.5, 0.6) is 0 Å². The highest BCUT2D eigenvalue weighted by Gasteiger charge is 2.15. The molecule has 0 amide bonds. The van der Waals surface area contributed by atoms with Crippen LogP contribution >= 0.6 is 0 Å². The molecule has 8 nitrogen and oxygen atoms in total. The molecule has 0 bridgehead atoms. The average Bonchev–Trinajstić information content (AvgIpc) is 3.08. The summed E-state index contributed by atoms with van der Waals surface area (Å²) in [4.78, 5) is 15.6. The van der Waals surface area contributed by atoms with E-state index in [4.69, 9.17) is 0 Å². The van der Waals surface area contributed by atoms with Crippen LogP contribution in [0.1, 0.15) is 11.3 Å². The lowest BCUT2D eigenvalue weighted by atomic mass is 9.80. The molecule has 4 rings (SSSR count). The van der Waals surface area contributed by atoms with Gasteiger partial charge in [0, 0.05) is 31.7 Å². The predicted molar refractivity (Wildman–Crippen MR) is 119 cm³/mol. The zero-order valence-corrected chi connectivity index (χ0v) is 17.1. The van der Waals surface area contributed by atoms with Crippen molar-refractivity contribution in [3.8, 4) is 5.95 Å².